The number of fused-ring (bicyclic) bond motifs is 5. The van der Waals surface area contributed by atoms with Crippen LogP contribution in [-0.2, 0) is 14.3 Å². The summed E-state index contributed by atoms with van der Waals surface area (Å²) < 4.78 is 6.85. The highest BCUT2D eigenvalue weighted by Crippen LogP contribution is 2.44. The highest BCUT2D eigenvalue weighted by molar-refractivity contribution is 6.17. The molecule has 1 aromatic heterocycles. The molecule has 0 aromatic carbocycles. The molecule has 0 unspecified atom stereocenters. The lowest BCUT2D eigenvalue weighted by atomic mass is 9.85. The van der Waals surface area contributed by atoms with E-state index in [2.05, 4.69) is 10.2 Å². The van der Waals surface area contributed by atoms with Crippen LogP contribution in [0.2, 0.25) is 0 Å². The smallest absolute Gasteiger partial charge is 0.255 e. The molecule has 0 aliphatic carbocycles. The normalized spacial score (nSPS) is 38.2. The molecule has 0 N–H and O–H groups in total. The summed E-state index contributed by atoms with van der Waals surface area (Å²) in [5.41, 5.74) is 0. The van der Waals surface area contributed by atoms with Crippen molar-refractivity contribution >= 4 is 11.8 Å². The number of hydrogen-bond donors (Lipinski definition) is 0. The Hall–Kier alpha value is -2.02. The third-order valence-corrected chi connectivity index (χ3v) is 3.52. The molecule has 7 nitrogen and oxygen atoms in total. The molecule has 17 heavy (non-hydrogen) atoms. The molecule has 2 saturated heterocycles. The van der Waals surface area contributed by atoms with Gasteiger partial charge in [-0.15, -0.1) is 10.2 Å². The van der Waals surface area contributed by atoms with Gasteiger partial charge in [0.1, 0.15) is 12.7 Å². The van der Waals surface area contributed by atoms with Crippen LogP contribution in [0, 0.1) is 11.8 Å². The predicted octanol–water partition coefficient (Wildman–Crippen LogP) is -1.15. The molecule has 1 aromatic rings. The van der Waals surface area contributed by atoms with Crippen molar-refractivity contribution in [1.29, 1.82) is 0 Å². The minimum atomic E-state index is -0.389. The molecule has 86 valence electrons. The van der Waals surface area contributed by atoms with Gasteiger partial charge in [-0.25, -0.2) is 4.68 Å². The lowest BCUT2D eigenvalue weighted by Crippen LogP contribution is -2.42. The minimum Gasteiger partial charge on any atom is -0.365 e. The second-order valence-electron chi connectivity index (χ2n) is 4.33. The average Bonchev–Trinajstić information content (AvgIpc) is 3.03. The van der Waals surface area contributed by atoms with E-state index in [1.807, 2.05) is 12.2 Å². The number of carbonyl (C=O) groups excluding carboxylic acids is 2. The maximum absolute atomic E-state index is 12.2. The zero-order chi connectivity index (χ0) is 11.6. The Bertz CT molecular complexity index is 508. The van der Waals surface area contributed by atoms with Crippen molar-refractivity contribution in [3.8, 4) is 0 Å². The fourth-order valence-corrected chi connectivity index (χ4v) is 2.81. The zero-order valence-electron chi connectivity index (χ0n) is 8.63. The molecule has 3 aliphatic rings. The Balaban J connectivity index is 1.79. The second-order valence-corrected chi connectivity index (χ2v) is 4.33. The first kappa shape index (κ1) is 9.06. The molecule has 3 aliphatic heterocycles. The lowest BCUT2D eigenvalue weighted by molar-refractivity contribution is -0.127. The van der Waals surface area contributed by atoms with Crippen molar-refractivity contribution in [2.75, 3.05) is 5.01 Å². The molecule has 4 heterocycles. The van der Waals surface area contributed by atoms with Gasteiger partial charge in [-0.3, -0.25) is 9.59 Å². The van der Waals surface area contributed by atoms with Gasteiger partial charge in [-0.1, -0.05) is 12.2 Å². The van der Waals surface area contributed by atoms with Crippen molar-refractivity contribution in [2.24, 2.45) is 11.8 Å². The number of carbonyl (C=O) groups is 2. The number of nitrogens with zero attached hydrogens (tertiary/aromatic N) is 4. The summed E-state index contributed by atoms with van der Waals surface area (Å²) in [4.78, 5) is 24.4. The van der Waals surface area contributed by atoms with E-state index in [1.165, 1.54) is 17.3 Å². The van der Waals surface area contributed by atoms with E-state index >= 15 is 0 Å². The van der Waals surface area contributed by atoms with Crippen molar-refractivity contribution in [1.82, 2.24) is 14.9 Å². The first-order chi connectivity index (χ1) is 8.27. The van der Waals surface area contributed by atoms with E-state index in [4.69, 9.17) is 4.74 Å². The van der Waals surface area contributed by atoms with E-state index in [0.717, 1.165) is 5.01 Å². The van der Waals surface area contributed by atoms with Crippen LogP contribution in [0.5, 0.6) is 0 Å². The van der Waals surface area contributed by atoms with E-state index in [1.54, 1.807) is 0 Å². The van der Waals surface area contributed by atoms with Crippen LogP contribution in [-0.4, -0.2) is 38.9 Å². The van der Waals surface area contributed by atoms with E-state index in [9.17, 15) is 9.59 Å². The van der Waals surface area contributed by atoms with Crippen molar-refractivity contribution in [3.63, 3.8) is 0 Å². The minimum absolute atomic E-state index is 0.239. The quantitative estimate of drug-likeness (QED) is 0.451. The van der Waals surface area contributed by atoms with Crippen LogP contribution < -0.4 is 5.01 Å². The summed E-state index contributed by atoms with van der Waals surface area (Å²) in [6.45, 7) is 0. The van der Waals surface area contributed by atoms with Gasteiger partial charge in [0, 0.05) is 0 Å². The molecule has 2 bridgehead atoms. The average molecular weight is 232 g/mol. The van der Waals surface area contributed by atoms with Crippen LogP contribution >= 0.6 is 0 Å². The van der Waals surface area contributed by atoms with Crippen LogP contribution in [0.3, 0.4) is 0 Å². The van der Waals surface area contributed by atoms with Crippen LogP contribution in [0.1, 0.15) is 0 Å². The third kappa shape index (κ3) is 0.949. The van der Waals surface area contributed by atoms with Gasteiger partial charge in [0.15, 0.2) is 0 Å². The van der Waals surface area contributed by atoms with Crippen molar-refractivity contribution in [3.05, 3.63) is 24.8 Å². The van der Waals surface area contributed by atoms with Crippen LogP contribution in [0.15, 0.2) is 24.8 Å². The Morgan fingerprint density at radius 2 is 1.53 bits per heavy atom. The van der Waals surface area contributed by atoms with Gasteiger partial charge in [0.05, 0.1) is 24.0 Å². The first-order valence-corrected chi connectivity index (χ1v) is 5.34. The van der Waals surface area contributed by atoms with Gasteiger partial charge in [-0.05, 0) is 0 Å². The molecule has 7 heteroatoms. The molecule has 4 atom stereocenters. The van der Waals surface area contributed by atoms with Gasteiger partial charge in [0.25, 0.3) is 11.8 Å². The number of ether oxygens (including phenoxy) is 1. The first-order valence-electron chi connectivity index (χ1n) is 5.34. The topological polar surface area (TPSA) is 77.3 Å². The zero-order valence-corrected chi connectivity index (χ0v) is 8.63. The van der Waals surface area contributed by atoms with Gasteiger partial charge >= 0.3 is 0 Å². The Morgan fingerprint density at radius 1 is 1.00 bits per heavy atom. The molecule has 0 saturated carbocycles. The summed E-state index contributed by atoms with van der Waals surface area (Å²) in [6.07, 6.45) is 5.87. The van der Waals surface area contributed by atoms with E-state index in [-0.39, 0.29) is 35.9 Å². The highest BCUT2D eigenvalue weighted by atomic mass is 16.5. The molecule has 2 fully saturated rings. The summed E-state index contributed by atoms with van der Waals surface area (Å²) >= 11 is 0. The van der Waals surface area contributed by atoms with Gasteiger partial charge < -0.3 is 4.74 Å². The highest BCUT2D eigenvalue weighted by Gasteiger charge is 2.61. The van der Waals surface area contributed by atoms with Gasteiger partial charge in [0.2, 0.25) is 0 Å². The standard InChI is InChI=1S/C10H8N4O3/c15-9-7-5-1-2-6(17-5)8(7)10(16)14(9)13-3-11-12-4-13/h1-8H/t5-,6+,7-,8-/m0/s1. The predicted molar refractivity (Wildman–Crippen MR) is 53.0 cm³/mol. The molecule has 2 amide bonds. The summed E-state index contributed by atoms with van der Waals surface area (Å²) in [6, 6.07) is 0. The number of hydrogen-bond acceptors (Lipinski definition) is 5. The Kier molecular flexibility index (Phi) is 1.49. The largest absolute Gasteiger partial charge is 0.365 e. The van der Waals surface area contributed by atoms with E-state index < -0.39 is 0 Å². The third-order valence-electron chi connectivity index (χ3n) is 3.52. The SMILES string of the molecule is O=C1[C@@H]2[C@@H](C(=O)N1n1cnnc1)[C@H]1C=C[C@@H]2O1. The molecular formula is C10H8N4O3. The monoisotopic (exact) mass is 232 g/mol. The van der Waals surface area contributed by atoms with Crippen molar-refractivity contribution in [2.45, 2.75) is 12.2 Å². The maximum Gasteiger partial charge on any atom is 0.255 e. The second kappa shape index (κ2) is 2.80. The van der Waals surface area contributed by atoms with Crippen molar-refractivity contribution < 1.29 is 14.3 Å². The number of amides is 2. The van der Waals surface area contributed by atoms with Gasteiger partial charge in [-0.2, -0.15) is 5.01 Å². The maximum atomic E-state index is 12.2. The molecule has 4 rings (SSSR count). The summed E-state index contributed by atoms with van der Waals surface area (Å²) in [7, 11) is 0. The fraction of sp³-hybridized carbons (Fsp3) is 0.400. The number of aromatic nitrogens is 3. The molecular weight excluding hydrogens is 224 g/mol. The van der Waals surface area contributed by atoms with Crippen LogP contribution in [0.4, 0.5) is 0 Å². The molecule has 0 spiro atoms. The number of imide groups is 1. The lowest BCUT2D eigenvalue weighted by Gasteiger charge is -2.16. The Morgan fingerprint density at radius 3 is 2.06 bits per heavy atom. The fourth-order valence-electron chi connectivity index (χ4n) is 2.81. The van der Waals surface area contributed by atoms with E-state index in [0.29, 0.717) is 0 Å². The summed E-state index contributed by atoms with van der Waals surface area (Å²) in [5, 5.41) is 8.31. The molecule has 0 radical (unpaired) electrons. The Labute approximate surface area is 95.6 Å². The van der Waals surface area contributed by atoms with Crippen LogP contribution in [0.25, 0.3) is 0 Å². The number of rotatable bonds is 1. The summed E-state index contributed by atoms with van der Waals surface area (Å²) in [5.74, 6) is -1.26.